The number of para-hydroxylation sites is 1. The van der Waals surface area contributed by atoms with E-state index in [4.69, 9.17) is 5.73 Å². The average molecular weight is 381 g/mol. The Morgan fingerprint density at radius 1 is 1.10 bits per heavy atom. The van der Waals surface area contributed by atoms with Gasteiger partial charge in [0.2, 0.25) is 0 Å². The number of rotatable bonds is 3. The topological polar surface area (TPSA) is 72.2 Å². The molecule has 2 rings (SSSR count). The van der Waals surface area contributed by atoms with Crippen molar-refractivity contribution in [2.24, 2.45) is 0 Å². The largest absolute Gasteiger partial charge is 0.399 e. The van der Waals surface area contributed by atoms with Gasteiger partial charge in [0.1, 0.15) is 22.2 Å². The van der Waals surface area contributed by atoms with Crippen LogP contribution < -0.4 is 10.5 Å². The highest BCUT2D eigenvalue weighted by Crippen LogP contribution is 2.28. The van der Waals surface area contributed by atoms with Gasteiger partial charge in [0.25, 0.3) is 10.0 Å². The molecule has 0 atom stereocenters. The van der Waals surface area contributed by atoms with Gasteiger partial charge < -0.3 is 5.73 Å². The van der Waals surface area contributed by atoms with E-state index in [-0.39, 0.29) is 10.2 Å². The van der Waals surface area contributed by atoms with E-state index in [1.807, 2.05) is 0 Å². The Balaban J connectivity index is 2.54. The molecule has 2 aromatic carbocycles. The van der Waals surface area contributed by atoms with Gasteiger partial charge in [-0.15, -0.1) is 0 Å². The predicted molar refractivity (Wildman–Crippen MR) is 75.7 cm³/mol. The smallest absolute Gasteiger partial charge is 0.265 e. The fourth-order valence-electron chi connectivity index (χ4n) is 1.56. The second-order valence-corrected chi connectivity index (χ2v) is 6.52. The molecule has 3 N–H and O–H groups in total. The van der Waals surface area contributed by atoms with E-state index in [1.54, 1.807) is 4.72 Å². The minimum atomic E-state index is -4.55. The normalized spacial score (nSPS) is 11.4. The van der Waals surface area contributed by atoms with Crippen molar-refractivity contribution in [3.05, 3.63) is 52.3 Å². The molecule has 21 heavy (non-hydrogen) atoms. The maximum absolute atomic E-state index is 13.9. The van der Waals surface area contributed by atoms with Crippen molar-refractivity contribution in [2.75, 3.05) is 10.5 Å². The number of halogens is 4. The first kappa shape index (κ1) is 15.6. The summed E-state index contributed by atoms with van der Waals surface area (Å²) in [5.74, 6) is -3.36. The van der Waals surface area contributed by atoms with Gasteiger partial charge in [0.05, 0.1) is 4.47 Å². The molecule has 4 nitrogen and oxygen atoms in total. The Hall–Kier alpha value is -1.74. The average Bonchev–Trinajstić information content (AvgIpc) is 2.38. The van der Waals surface area contributed by atoms with E-state index in [0.717, 1.165) is 30.3 Å². The van der Waals surface area contributed by atoms with Gasteiger partial charge in [0.15, 0.2) is 5.82 Å². The second kappa shape index (κ2) is 5.57. The van der Waals surface area contributed by atoms with Gasteiger partial charge in [-0.2, -0.15) is 0 Å². The summed E-state index contributed by atoms with van der Waals surface area (Å²) < 4.78 is 66.4. The summed E-state index contributed by atoms with van der Waals surface area (Å²) in [6, 6.07) is 4.82. The zero-order chi connectivity index (χ0) is 15.8. The number of nitrogens with one attached hydrogen (secondary N) is 1. The highest BCUT2D eigenvalue weighted by Gasteiger charge is 2.24. The summed E-state index contributed by atoms with van der Waals surface area (Å²) in [6.45, 7) is 0. The van der Waals surface area contributed by atoms with Crippen LogP contribution in [-0.4, -0.2) is 8.42 Å². The van der Waals surface area contributed by atoms with Gasteiger partial charge in [-0.3, -0.25) is 4.72 Å². The summed E-state index contributed by atoms with van der Waals surface area (Å²) in [7, 11) is -4.55. The zero-order valence-electron chi connectivity index (χ0n) is 10.2. The fourth-order valence-corrected chi connectivity index (χ4v) is 3.38. The first-order valence-corrected chi connectivity index (χ1v) is 7.71. The zero-order valence-corrected chi connectivity index (χ0v) is 12.6. The lowest BCUT2D eigenvalue weighted by Gasteiger charge is -2.11. The molecule has 0 saturated heterocycles. The third-order valence-corrected chi connectivity index (χ3v) is 4.43. The number of sulfonamides is 1. The van der Waals surface area contributed by atoms with Crippen LogP contribution >= 0.6 is 15.9 Å². The molecule has 0 bridgehead atoms. The maximum Gasteiger partial charge on any atom is 0.265 e. The second-order valence-electron chi connectivity index (χ2n) is 4.02. The SMILES string of the molecule is Nc1cc(Br)c(F)c(S(=O)(=O)Nc2c(F)cccc2F)c1. The number of nitrogen functional groups attached to an aromatic ring is 1. The first-order valence-electron chi connectivity index (χ1n) is 5.43. The van der Waals surface area contributed by atoms with Gasteiger partial charge in [-0.1, -0.05) is 6.07 Å². The van der Waals surface area contributed by atoms with E-state index in [9.17, 15) is 21.6 Å². The minimum Gasteiger partial charge on any atom is -0.399 e. The van der Waals surface area contributed by atoms with Crippen LogP contribution in [0.5, 0.6) is 0 Å². The van der Waals surface area contributed by atoms with E-state index in [0.29, 0.717) is 0 Å². The monoisotopic (exact) mass is 380 g/mol. The van der Waals surface area contributed by atoms with Gasteiger partial charge in [-0.25, -0.2) is 21.6 Å². The molecule has 0 heterocycles. The quantitative estimate of drug-likeness (QED) is 0.802. The van der Waals surface area contributed by atoms with Crippen molar-refractivity contribution in [2.45, 2.75) is 4.90 Å². The van der Waals surface area contributed by atoms with Crippen LogP contribution in [0.2, 0.25) is 0 Å². The lowest BCUT2D eigenvalue weighted by Crippen LogP contribution is -2.17. The number of hydrogen-bond acceptors (Lipinski definition) is 3. The standard InChI is InChI=1S/C12H8BrF3N2O2S/c13-7-4-6(17)5-10(11(7)16)21(19,20)18-12-8(14)2-1-3-9(12)15/h1-5,18H,17H2. The molecule has 0 spiro atoms. The Labute approximate surface area is 127 Å². The lowest BCUT2D eigenvalue weighted by molar-refractivity contribution is 0.563. The molecule has 0 aromatic heterocycles. The van der Waals surface area contributed by atoms with Crippen molar-refractivity contribution >= 4 is 37.3 Å². The third kappa shape index (κ3) is 3.13. The number of anilines is 2. The van der Waals surface area contributed by atoms with E-state index in [1.165, 1.54) is 0 Å². The van der Waals surface area contributed by atoms with Crippen LogP contribution in [0, 0.1) is 17.5 Å². The highest BCUT2D eigenvalue weighted by atomic mass is 79.9. The first-order chi connectivity index (χ1) is 9.72. The summed E-state index contributed by atoms with van der Waals surface area (Å²) in [6.07, 6.45) is 0. The van der Waals surface area contributed by atoms with Crippen molar-refractivity contribution in [1.82, 2.24) is 0 Å². The van der Waals surface area contributed by atoms with E-state index >= 15 is 0 Å². The molecule has 112 valence electrons. The summed E-state index contributed by atoms with van der Waals surface area (Å²) in [5, 5.41) is 0. The molecule has 0 saturated carbocycles. The highest BCUT2D eigenvalue weighted by molar-refractivity contribution is 9.10. The fraction of sp³-hybridized carbons (Fsp3) is 0. The Bertz CT molecular complexity index is 792. The summed E-state index contributed by atoms with van der Waals surface area (Å²) >= 11 is 2.81. The van der Waals surface area contributed by atoms with Crippen LogP contribution in [0.25, 0.3) is 0 Å². The van der Waals surface area contributed by atoms with Crippen LogP contribution in [0.15, 0.2) is 39.7 Å². The number of benzene rings is 2. The maximum atomic E-state index is 13.9. The molecule has 0 amide bonds. The van der Waals surface area contributed by atoms with Gasteiger partial charge in [0, 0.05) is 5.69 Å². The molecule has 0 radical (unpaired) electrons. The molecule has 0 fully saturated rings. The Morgan fingerprint density at radius 3 is 2.24 bits per heavy atom. The van der Waals surface area contributed by atoms with Crippen LogP contribution in [0.3, 0.4) is 0 Å². The number of nitrogens with two attached hydrogens (primary N) is 1. The van der Waals surface area contributed by atoms with Crippen LogP contribution in [0.4, 0.5) is 24.5 Å². The molecule has 0 aliphatic carbocycles. The molecule has 0 unspecified atom stereocenters. The molecule has 0 aliphatic heterocycles. The van der Waals surface area contributed by atoms with E-state index in [2.05, 4.69) is 15.9 Å². The van der Waals surface area contributed by atoms with Gasteiger partial charge >= 0.3 is 0 Å². The molecular formula is C12H8BrF3N2O2S. The summed E-state index contributed by atoms with van der Waals surface area (Å²) in [5.41, 5.74) is 4.52. The minimum absolute atomic E-state index is 0.0299. The molecule has 0 aliphatic rings. The third-order valence-electron chi connectivity index (χ3n) is 2.51. The number of hydrogen-bond donors (Lipinski definition) is 2. The summed E-state index contributed by atoms with van der Waals surface area (Å²) in [4.78, 5) is -0.822. The van der Waals surface area contributed by atoms with Crippen molar-refractivity contribution < 1.29 is 21.6 Å². The van der Waals surface area contributed by atoms with Crippen molar-refractivity contribution in [1.29, 1.82) is 0 Å². The van der Waals surface area contributed by atoms with Crippen molar-refractivity contribution in [3.8, 4) is 0 Å². The van der Waals surface area contributed by atoms with Crippen LogP contribution in [-0.2, 0) is 10.0 Å². The molecule has 9 heteroatoms. The van der Waals surface area contributed by atoms with Crippen LogP contribution in [0.1, 0.15) is 0 Å². The Kier molecular flexibility index (Phi) is 4.15. The molecule has 2 aromatic rings. The Morgan fingerprint density at radius 2 is 1.67 bits per heavy atom. The van der Waals surface area contributed by atoms with Crippen molar-refractivity contribution in [3.63, 3.8) is 0 Å². The van der Waals surface area contributed by atoms with E-state index < -0.39 is 38.1 Å². The molecular weight excluding hydrogens is 373 g/mol. The predicted octanol–water partition coefficient (Wildman–Crippen LogP) is 3.25. The lowest BCUT2D eigenvalue weighted by atomic mass is 10.3. The van der Waals surface area contributed by atoms with Gasteiger partial charge in [-0.05, 0) is 40.2 Å².